The summed E-state index contributed by atoms with van der Waals surface area (Å²) in [5, 5.41) is 18.8. The lowest BCUT2D eigenvalue weighted by molar-refractivity contribution is -0.384. The second-order valence-corrected chi connectivity index (χ2v) is 6.98. The number of halogens is 1. The molecule has 0 bridgehead atoms. The van der Waals surface area contributed by atoms with Gasteiger partial charge in [-0.05, 0) is 48.5 Å². The molecule has 11 heteroatoms. The Hall–Kier alpha value is -4.67. The minimum absolute atomic E-state index is 0.0655. The van der Waals surface area contributed by atoms with E-state index in [1.54, 1.807) is 24.3 Å². The second-order valence-electron chi connectivity index (χ2n) is 6.98. The average molecular weight is 467 g/mol. The van der Waals surface area contributed by atoms with Gasteiger partial charge in [0.15, 0.2) is 0 Å². The molecule has 0 spiro atoms. The SMILES string of the molecule is COc1cccc(NC(=O)NCCN(C(=O)Nc2ccc([N+](=O)[O-])cc2)c2ccc(F)cc2)c1. The molecule has 0 saturated carbocycles. The van der Waals surface area contributed by atoms with Crippen LogP contribution in [0.25, 0.3) is 0 Å². The molecule has 3 aromatic rings. The molecule has 176 valence electrons. The maximum absolute atomic E-state index is 13.4. The normalized spacial score (nSPS) is 10.2. The van der Waals surface area contributed by atoms with E-state index in [1.165, 1.54) is 60.5 Å². The van der Waals surface area contributed by atoms with Gasteiger partial charge in [0.25, 0.3) is 5.69 Å². The molecule has 10 nitrogen and oxygen atoms in total. The van der Waals surface area contributed by atoms with E-state index in [4.69, 9.17) is 4.74 Å². The summed E-state index contributed by atoms with van der Waals surface area (Å²) in [6, 6.07) is 16.4. The van der Waals surface area contributed by atoms with E-state index in [1.807, 2.05) is 0 Å². The van der Waals surface area contributed by atoms with Crippen molar-refractivity contribution in [2.75, 3.05) is 35.7 Å². The number of non-ortho nitro benzene ring substituents is 1. The zero-order valence-corrected chi connectivity index (χ0v) is 18.2. The fraction of sp³-hybridized carbons (Fsp3) is 0.130. The fourth-order valence-electron chi connectivity index (χ4n) is 2.98. The lowest BCUT2D eigenvalue weighted by Crippen LogP contribution is -2.42. The molecule has 34 heavy (non-hydrogen) atoms. The summed E-state index contributed by atoms with van der Waals surface area (Å²) in [7, 11) is 1.52. The number of hydrogen-bond donors (Lipinski definition) is 3. The van der Waals surface area contributed by atoms with Crippen LogP contribution in [0.5, 0.6) is 5.75 Å². The monoisotopic (exact) mass is 467 g/mol. The minimum atomic E-state index is -0.560. The van der Waals surface area contributed by atoms with Crippen LogP contribution in [-0.2, 0) is 0 Å². The summed E-state index contributed by atoms with van der Waals surface area (Å²) in [5.74, 6) is 0.124. The van der Waals surface area contributed by atoms with Crippen molar-refractivity contribution in [2.45, 2.75) is 0 Å². The third-order valence-electron chi connectivity index (χ3n) is 4.66. The highest BCUT2D eigenvalue weighted by Gasteiger charge is 2.17. The second kappa shape index (κ2) is 11.3. The van der Waals surface area contributed by atoms with Crippen LogP contribution in [-0.4, -0.2) is 37.2 Å². The number of rotatable bonds is 8. The van der Waals surface area contributed by atoms with E-state index in [0.717, 1.165) is 0 Å². The van der Waals surface area contributed by atoms with Gasteiger partial charge < -0.3 is 20.7 Å². The minimum Gasteiger partial charge on any atom is -0.497 e. The van der Waals surface area contributed by atoms with Crippen LogP contribution in [0.3, 0.4) is 0 Å². The van der Waals surface area contributed by atoms with Gasteiger partial charge in [-0.3, -0.25) is 15.0 Å². The number of carbonyl (C=O) groups is 2. The first-order chi connectivity index (χ1) is 16.4. The third-order valence-corrected chi connectivity index (χ3v) is 4.66. The number of urea groups is 2. The van der Waals surface area contributed by atoms with Gasteiger partial charge in [0, 0.05) is 48.4 Å². The van der Waals surface area contributed by atoms with Gasteiger partial charge in [-0.15, -0.1) is 0 Å². The highest BCUT2D eigenvalue weighted by atomic mass is 19.1. The molecule has 3 aromatic carbocycles. The molecule has 0 aliphatic heterocycles. The van der Waals surface area contributed by atoms with Crippen molar-refractivity contribution in [3.8, 4) is 5.75 Å². The van der Waals surface area contributed by atoms with E-state index in [9.17, 15) is 24.1 Å². The predicted molar refractivity (Wildman–Crippen MR) is 126 cm³/mol. The van der Waals surface area contributed by atoms with Gasteiger partial charge >= 0.3 is 12.1 Å². The van der Waals surface area contributed by atoms with E-state index in [-0.39, 0.29) is 18.8 Å². The average Bonchev–Trinajstić information content (AvgIpc) is 2.83. The summed E-state index contributed by atoms with van der Waals surface area (Å²) >= 11 is 0. The Bertz CT molecular complexity index is 1160. The van der Waals surface area contributed by atoms with Gasteiger partial charge in [-0.25, -0.2) is 14.0 Å². The number of nitro groups is 1. The summed E-state index contributed by atoms with van der Waals surface area (Å²) < 4.78 is 18.5. The van der Waals surface area contributed by atoms with Crippen LogP contribution in [0, 0.1) is 15.9 Å². The Morgan fingerprint density at radius 2 is 1.71 bits per heavy atom. The first-order valence-corrected chi connectivity index (χ1v) is 10.1. The Kier molecular flexibility index (Phi) is 7.95. The predicted octanol–water partition coefficient (Wildman–Crippen LogP) is 4.60. The van der Waals surface area contributed by atoms with Crippen molar-refractivity contribution in [3.05, 3.63) is 88.7 Å². The van der Waals surface area contributed by atoms with Crippen molar-refractivity contribution in [3.63, 3.8) is 0 Å². The van der Waals surface area contributed by atoms with Crippen molar-refractivity contribution in [2.24, 2.45) is 0 Å². The quantitative estimate of drug-likeness (QED) is 0.330. The molecule has 0 aliphatic carbocycles. The lowest BCUT2D eigenvalue weighted by Gasteiger charge is -2.23. The number of nitro benzene ring substituents is 1. The number of methoxy groups -OCH3 is 1. The molecule has 0 saturated heterocycles. The van der Waals surface area contributed by atoms with E-state index >= 15 is 0 Å². The van der Waals surface area contributed by atoms with Crippen LogP contribution < -0.4 is 25.6 Å². The maximum Gasteiger partial charge on any atom is 0.326 e. The standard InChI is InChI=1S/C23H22FN5O5/c1-34-21-4-2-3-18(15-21)26-22(30)25-13-14-28(19-9-5-16(24)6-10-19)23(31)27-17-7-11-20(12-8-17)29(32)33/h2-12,15H,13-14H2,1H3,(H,27,31)(H2,25,26,30). The summed E-state index contributed by atoms with van der Waals surface area (Å²) in [4.78, 5) is 36.7. The first-order valence-electron chi connectivity index (χ1n) is 10.1. The van der Waals surface area contributed by atoms with E-state index in [2.05, 4.69) is 16.0 Å². The van der Waals surface area contributed by atoms with Crippen molar-refractivity contribution in [1.29, 1.82) is 0 Å². The first kappa shape index (κ1) is 24.0. The Morgan fingerprint density at radius 1 is 1.00 bits per heavy atom. The zero-order chi connectivity index (χ0) is 24.5. The Balaban J connectivity index is 1.64. The van der Waals surface area contributed by atoms with Crippen molar-refractivity contribution in [1.82, 2.24) is 5.32 Å². The summed E-state index contributed by atoms with van der Waals surface area (Å²) in [6.45, 7) is 0.150. The maximum atomic E-state index is 13.4. The van der Waals surface area contributed by atoms with Gasteiger partial charge in [0.1, 0.15) is 11.6 Å². The van der Waals surface area contributed by atoms with Gasteiger partial charge in [0.2, 0.25) is 0 Å². The summed E-state index contributed by atoms with van der Waals surface area (Å²) in [6.07, 6.45) is 0. The lowest BCUT2D eigenvalue weighted by atomic mass is 10.2. The highest BCUT2D eigenvalue weighted by Crippen LogP contribution is 2.19. The van der Waals surface area contributed by atoms with Gasteiger partial charge in [0.05, 0.1) is 12.0 Å². The highest BCUT2D eigenvalue weighted by molar-refractivity contribution is 6.01. The zero-order valence-electron chi connectivity index (χ0n) is 18.2. The molecule has 4 amide bonds. The third kappa shape index (κ3) is 6.66. The molecule has 0 atom stereocenters. The molecular formula is C23H22FN5O5. The van der Waals surface area contributed by atoms with E-state index in [0.29, 0.717) is 22.8 Å². The molecule has 0 unspecified atom stereocenters. The number of ether oxygens (including phenoxy) is 1. The van der Waals surface area contributed by atoms with Crippen LogP contribution in [0.15, 0.2) is 72.8 Å². The van der Waals surface area contributed by atoms with Crippen LogP contribution >= 0.6 is 0 Å². The van der Waals surface area contributed by atoms with Gasteiger partial charge in [-0.1, -0.05) is 6.07 Å². The molecule has 0 aromatic heterocycles. The van der Waals surface area contributed by atoms with Crippen LogP contribution in [0.4, 0.5) is 36.7 Å². The van der Waals surface area contributed by atoms with Crippen LogP contribution in [0.2, 0.25) is 0 Å². The largest absolute Gasteiger partial charge is 0.497 e. The molecule has 3 N–H and O–H groups in total. The van der Waals surface area contributed by atoms with Crippen LogP contribution in [0.1, 0.15) is 0 Å². The molecule has 3 rings (SSSR count). The molecule has 0 aliphatic rings. The smallest absolute Gasteiger partial charge is 0.326 e. The molecule has 0 radical (unpaired) electrons. The topological polar surface area (TPSA) is 126 Å². The van der Waals surface area contributed by atoms with Crippen molar-refractivity contribution >= 4 is 34.8 Å². The van der Waals surface area contributed by atoms with Crippen molar-refractivity contribution < 1.29 is 23.6 Å². The Morgan fingerprint density at radius 3 is 2.35 bits per heavy atom. The molecule has 0 fully saturated rings. The molecular weight excluding hydrogens is 445 g/mol. The number of carbonyl (C=O) groups excluding carboxylic acids is 2. The number of anilines is 3. The fourth-order valence-corrected chi connectivity index (χ4v) is 2.98. The van der Waals surface area contributed by atoms with Gasteiger partial charge in [-0.2, -0.15) is 0 Å². The number of nitrogens with zero attached hydrogens (tertiary/aromatic N) is 2. The van der Waals surface area contributed by atoms with E-state index < -0.39 is 22.8 Å². The molecule has 0 heterocycles. The summed E-state index contributed by atoms with van der Waals surface area (Å²) in [5.41, 5.74) is 1.16. The Labute approximate surface area is 194 Å². The number of hydrogen-bond acceptors (Lipinski definition) is 5. The number of nitrogens with one attached hydrogen (secondary N) is 3. The number of amides is 4. The number of benzene rings is 3.